The molecule has 4 aromatic carbocycles. The van der Waals surface area contributed by atoms with Crippen LogP contribution < -0.4 is 10.3 Å². The number of fused-ring (bicyclic) bond motifs is 2. The average molecular weight is 585 g/mol. The molecule has 2 heterocycles. The third kappa shape index (κ3) is 5.16. The van der Waals surface area contributed by atoms with Crippen molar-refractivity contribution in [2.24, 2.45) is 5.10 Å². The SMILES string of the molecule is O=c1c2ccccc2nc(-c2cc3ccccc3o2)n1N=Cc1cc(Cl)cc([N+](=O)[O-])c1OCc1ccccc1Cl. The van der Waals surface area contributed by atoms with Gasteiger partial charge in [-0.15, -0.1) is 0 Å². The van der Waals surface area contributed by atoms with Crippen LogP contribution in [0.25, 0.3) is 33.5 Å². The molecule has 0 aliphatic heterocycles. The van der Waals surface area contributed by atoms with Gasteiger partial charge in [-0.05, 0) is 36.4 Å². The number of ether oxygens (including phenoxy) is 1. The van der Waals surface area contributed by atoms with Crippen molar-refractivity contribution in [1.82, 2.24) is 9.66 Å². The summed E-state index contributed by atoms with van der Waals surface area (Å²) in [6.45, 7) is -0.0509. The summed E-state index contributed by atoms with van der Waals surface area (Å²) in [5.41, 5.74) is 1.04. The Morgan fingerprint density at radius 3 is 2.56 bits per heavy atom. The van der Waals surface area contributed by atoms with Gasteiger partial charge in [-0.1, -0.05) is 71.7 Å². The average Bonchev–Trinajstić information content (AvgIpc) is 3.41. The lowest BCUT2D eigenvalue weighted by Crippen LogP contribution is -2.20. The summed E-state index contributed by atoms with van der Waals surface area (Å²) in [5, 5.41) is 18.0. The van der Waals surface area contributed by atoms with E-state index in [-0.39, 0.29) is 34.5 Å². The van der Waals surface area contributed by atoms with E-state index in [4.69, 9.17) is 32.4 Å². The molecule has 0 amide bonds. The van der Waals surface area contributed by atoms with E-state index in [0.29, 0.717) is 32.8 Å². The molecule has 41 heavy (non-hydrogen) atoms. The van der Waals surface area contributed by atoms with Crippen molar-refractivity contribution in [3.8, 4) is 17.3 Å². The molecule has 0 radical (unpaired) electrons. The molecule has 6 rings (SSSR count). The number of halogens is 2. The van der Waals surface area contributed by atoms with Crippen molar-refractivity contribution in [3.05, 3.63) is 133 Å². The van der Waals surface area contributed by atoms with Crippen molar-refractivity contribution >= 4 is 57.0 Å². The highest BCUT2D eigenvalue weighted by Gasteiger charge is 2.22. The minimum absolute atomic E-state index is 0.0509. The fourth-order valence-electron chi connectivity index (χ4n) is 4.36. The first kappa shape index (κ1) is 26.2. The lowest BCUT2D eigenvalue weighted by atomic mass is 10.2. The Balaban J connectivity index is 1.50. The van der Waals surface area contributed by atoms with Crippen LogP contribution in [0.15, 0.2) is 105 Å². The highest BCUT2D eigenvalue weighted by Crippen LogP contribution is 2.35. The zero-order valence-electron chi connectivity index (χ0n) is 21.0. The molecule has 9 nitrogen and oxygen atoms in total. The number of hydrogen-bond donors (Lipinski definition) is 0. The monoisotopic (exact) mass is 584 g/mol. The predicted octanol–water partition coefficient (Wildman–Crippen LogP) is 7.49. The molecule has 0 saturated heterocycles. The number of nitro benzene ring substituents is 1. The molecule has 0 unspecified atom stereocenters. The third-order valence-electron chi connectivity index (χ3n) is 6.30. The summed E-state index contributed by atoms with van der Waals surface area (Å²) in [6.07, 6.45) is 1.27. The van der Waals surface area contributed by atoms with Crippen LogP contribution in [0.5, 0.6) is 5.75 Å². The molecule has 0 aliphatic carbocycles. The topological polar surface area (TPSA) is 113 Å². The smallest absolute Gasteiger partial charge is 0.313 e. The Hall–Kier alpha value is -4.99. The van der Waals surface area contributed by atoms with E-state index in [2.05, 4.69) is 10.1 Å². The summed E-state index contributed by atoms with van der Waals surface area (Å²) in [5.74, 6) is 0.379. The lowest BCUT2D eigenvalue weighted by molar-refractivity contribution is -0.385. The molecule has 6 aromatic rings. The number of benzene rings is 4. The van der Waals surface area contributed by atoms with Crippen molar-refractivity contribution in [2.45, 2.75) is 6.61 Å². The number of rotatable bonds is 7. The first-order chi connectivity index (χ1) is 19.9. The van der Waals surface area contributed by atoms with E-state index in [1.54, 1.807) is 60.7 Å². The van der Waals surface area contributed by atoms with E-state index >= 15 is 0 Å². The van der Waals surface area contributed by atoms with E-state index < -0.39 is 10.5 Å². The Morgan fingerprint density at radius 1 is 1.00 bits per heavy atom. The van der Waals surface area contributed by atoms with Gasteiger partial charge in [0.05, 0.1) is 22.0 Å². The Kier molecular flexibility index (Phi) is 6.96. The van der Waals surface area contributed by atoms with Crippen LogP contribution in [0.3, 0.4) is 0 Å². The van der Waals surface area contributed by atoms with E-state index in [1.165, 1.54) is 18.3 Å². The summed E-state index contributed by atoms with van der Waals surface area (Å²) in [7, 11) is 0. The minimum atomic E-state index is -0.602. The molecular weight excluding hydrogens is 567 g/mol. The van der Waals surface area contributed by atoms with Gasteiger partial charge in [0.2, 0.25) is 11.6 Å². The van der Waals surface area contributed by atoms with Gasteiger partial charge in [0.1, 0.15) is 12.2 Å². The van der Waals surface area contributed by atoms with Crippen LogP contribution in [0.2, 0.25) is 10.0 Å². The van der Waals surface area contributed by atoms with Gasteiger partial charge in [-0.3, -0.25) is 14.9 Å². The normalized spacial score (nSPS) is 11.5. The second kappa shape index (κ2) is 10.9. The van der Waals surface area contributed by atoms with Crippen molar-refractivity contribution in [1.29, 1.82) is 0 Å². The van der Waals surface area contributed by atoms with Crippen LogP contribution in [-0.4, -0.2) is 20.8 Å². The van der Waals surface area contributed by atoms with Crippen molar-refractivity contribution in [2.75, 3.05) is 0 Å². The first-order valence-electron chi connectivity index (χ1n) is 12.3. The number of nitro groups is 1. The summed E-state index contributed by atoms with van der Waals surface area (Å²) in [6, 6.07) is 25.6. The van der Waals surface area contributed by atoms with Gasteiger partial charge in [-0.25, -0.2) is 4.98 Å². The number of aromatic nitrogens is 2. The lowest BCUT2D eigenvalue weighted by Gasteiger charge is -2.12. The summed E-state index contributed by atoms with van der Waals surface area (Å²) >= 11 is 12.5. The van der Waals surface area contributed by atoms with Gasteiger partial charge in [-0.2, -0.15) is 9.78 Å². The molecule has 0 atom stereocenters. The molecule has 0 spiro atoms. The van der Waals surface area contributed by atoms with E-state index in [1.807, 2.05) is 18.2 Å². The van der Waals surface area contributed by atoms with Crippen LogP contribution in [0.1, 0.15) is 11.1 Å². The third-order valence-corrected chi connectivity index (χ3v) is 6.89. The molecular formula is C30H18Cl2N4O5. The molecule has 11 heteroatoms. The first-order valence-corrected chi connectivity index (χ1v) is 13.0. The fourth-order valence-corrected chi connectivity index (χ4v) is 4.77. The molecule has 2 aromatic heterocycles. The second-order valence-corrected chi connectivity index (χ2v) is 9.79. The molecule has 202 valence electrons. The number of nitrogens with zero attached hydrogens (tertiary/aromatic N) is 4. The number of furan rings is 1. The predicted molar refractivity (Wildman–Crippen MR) is 158 cm³/mol. The maximum absolute atomic E-state index is 13.6. The Bertz CT molecular complexity index is 2020. The van der Waals surface area contributed by atoms with Crippen molar-refractivity contribution in [3.63, 3.8) is 0 Å². The molecule has 0 bridgehead atoms. The maximum atomic E-state index is 13.6. The van der Waals surface area contributed by atoms with Gasteiger partial charge in [0.15, 0.2) is 5.76 Å². The highest BCUT2D eigenvalue weighted by molar-refractivity contribution is 6.31. The largest absolute Gasteiger partial charge is 0.481 e. The van der Waals surface area contributed by atoms with Crippen LogP contribution in [-0.2, 0) is 6.61 Å². The van der Waals surface area contributed by atoms with Gasteiger partial charge in [0, 0.05) is 32.6 Å². The van der Waals surface area contributed by atoms with Gasteiger partial charge < -0.3 is 9.15 Å². The van der Waals surface area contributed by atoms with Crippen LogP contribution in [0, 0.1) is 10.1 Å². The Morgan fingerprint density at radius 2 is 1.76 bits per heavy atom. The second-order valence-electron chi connectivity index (χ2n) is 8.94. The number of hydrogen-bond acceptors (Lipinski definition) is 7. The van der Waals surface area contributed by atoms with Crippen molar-refractivity contribution < 1.29 is 14.1 Å². The zero-order valence-corrected chi connectivity index (χ0v) is 22.5. The van der Waals surface area contributed by atoms with Crippen LogP contribution in [0.4, 0.5) is 5.69 Å². The standard InChI is InChI=1S/C30H18Cl2N4O5/c31-21-13-20(28(25(15-21)36(38)39)40-17-19-8-1-4-10-23(19)32)16-33-35-29(27-14-18-7-2-6-12-26(18)41-27)34-24-11-5-3-9-22(24)30(35)37/h1-16H,17H2. The summed E-state index contributed by atoms with van der Waals surface area (Å²) in [4.78, 5) is 29.6. The zero-order chi connectivity index (χ0) is 28.5. The highest BCUT2D eigenvalue weighted by atomic mass is 35.5. The van der Waals surface area contributed by atoms with Crippen LogP contribution >= 0.6 is 23.2 Å². The molecule has 0 fully saturated rings. The Labute approximate surface area is 242 Å². The van der Waals surface area contributed by atoms with E-state index in [0.717, 1.165) is 10.1 Å². The quantitative estimate of drug-likeness (QED) is 0.109. The minimum Gasteiger partial charge on any atom is -0.481 e. The number of para-hydroxylation sites is 2. The summed E-state index contributed by atoms with van der Waals surface area (Å²) < 4.78 is 13.0. The maximum Gasteiger partial charge on any atom is 0.313 e. The van der Waals surface area contributed by atoms with E-state index in [9.17, 15) is 14.9 Å². The molecule has 0 N–H and O–H groups in total. The van der Waals surface area contributed by atoms with Gasteiger partial charge >= 0.3 is 5.69 Å². The fraction of sp³-hybridized carbons (Fsp3) is 0.0333. The van der Waals surface area contributed by atoms with Gasteiger partial charge in [0.25, 0.3) is 5.56 Å². The molecule has 0 saturated carbocycles. The molecule has 0 aliphatic rings.